The maximum absolute atomic E-state index is 2.43. The Hall–Kier alpha value is -1.04. The van der Waals surface area contributed by atoms with Gasteiger partial charge in [0.25, 0.3) is 0 Å². The smallest absolute Gasteiger partial charge is 0.00578 e. The molecular formula is C14H16. The predicted octanol–water partition coefficient (Wildman–Crippen LogP) is 3.91. The quantitative estimate of drug-likeness (QED) is 0.653. The van der Waals surface area contributed by atoms with Crippen LogP contribution in [0.4, 0.5) is 0 Å². The van der Waals surface area contributed by atoms with E-state index in [9.17, 15) is 0 Å². The first-order valence-electron chi connectivity index (χ1n) is 5.69. The van der Waals surface area contributed by atoms with E-state index in [1.54, 1.807) is 22.3 Å². The minimum Gasteiger partial charge on any atom is -0.0655 e. The summed E-state index contributed by atoms with van der Waals surface area (Å²) in [6, 6.07) is 6.85. The normalized spacial score (nSPS) is 19.4. The van der Waals surface area contributed by atoms with Gasteiger partial charge in [0.1, 0.15) is 0 Å². The van der Waals surface area contributed by atoms with E-state index < -0.39 is 0 Å². The van der Waals surface area contributed by atoms with E-state index >= 15 is 0 Å². The third kappa shape index (κ3) is 1.21. The zero-order chi connectivity index (χ0) is 9.54. The molecule has 0 spiro atoms. The van der Waals surface area contributed by atoms with Crippen molar-refractivity contribution in [2.24, 2.45) is 0 Å². The lowest BCUT2D eigenvalue weighted by atomic mass is 10.0. The maximum Gasteiger partial charge on any atom is -0.00578 e. The van der Waals surface area contributed by atoms with Crippen molar-refractivity contribution < 1.29 is 0 Å². The molecule has 0 saturated heterocycles. The summed E-state index contributed by atoms with van der Waals surface area (Å²) in [6.45, 7) is 2.26. The molecule has 0 N–H and O–H groups in total. The number of allylic oxidation sites excluding steroid dienone is 1. The van der Waals surface area contributed by atoms with Gasteiger partial charge in [0.05, 0.1) is 0 Å². The molecule has 0 nitrogen and oxygen atoms in total. The lowest BCUT2D eigenvalue weighted by Crippen LogP contribution is -1.88. The molecule has 0 heteroatoms. The zero-order valence-electron chi connectivity index (χ0n) is 8.72. The molecule has 0 atom stereocenters. The molecule has 0 unspecified atom stereocenters. The van der Waals surface area contributed by atoms with Crippen molar-refractivity contribution in [1.82, 2.24) is 0 Å². The molecule has 0 radical (unpaired) electrons. The fourth-order valence-corrected chi connectivity index (χ4v) is 2.44. The number of hydrogen-bond acceptors (Lipinski definition) is 0. The number of fused-ring (bicyclic) bond motifs is 1. The van der Waals surface area contributed by atoms with E-state index in [1.807, 2.05) is 0 Å². The fraction of sp³-hybridized carbons (Fsp3) is 0.429. The van der Waals surface area contributed by atoms with Gasteiger partial charge in [-0.25, -0.2) is 0 Å². The summed E-state index contributed by atoms with van der Waals surface area (Å²) >= 11 is 0. The van der Waals surface area contributed by atoms with Crippen molar-refractivity contribution in [2.75, 3.05) is 0 Å². The summed E-state index contributed by atoms with van der Waals surface area (Å²) in [5.41, 5.74) is 6.34. The van der Waals surface area contributed by atoms with Gasteiger partial charge >= 0.3 is 0 Å². The first kappa shape index (κ1) is 8.28. The van der Waals surface area contributed by atoms with Crippen molar-refractivity contribution in [2.45, 2.75) is 38.5 Å². The third-order valence-corrected chi connectivity index (χ3v) is 3.47. The van der Waals surface area contributed by atoms with E-state index in [4.69, 9.17) is 0 Å². The first-order chi connectivity index (χ1) is 6.88. The van der Waals surface area contributed by atoms with E-state index in [0.717, 1.165) is 5.92 Å². The predicted molar refractivity (Wildman–Crippen MR) is 60.4 cm³/mol. The van der Waals surface area contributed by atoms with Gasteiger partial charge in [-0.3, -0.25) is 0 Å². The average molecular weight is 184 g/mol. The minimum atomic E-state index is 0.886. The highest BCUT2D eigenvalue weighted by Gasteiger charge is 2.27. The number of rotatable bonds is 2. The summed E-state index contributed by atoms with van der Waals surface area (Å²) in [6.07, 6.45) is 7.66. The van der Waals surface area contributed by atoms with Crippen LogP contribution in [0.5, 0.6) is 0 Å². The van der Waals surface area contributed by atoms with Crippen LogP contribution in [0.25, 0.3) is 6.08 Å². The monoisotopic (exact) mass is 184 g/mol. The minimum absolute atomic E-state index is 0.886. The van der Waals surface area contributed by atoms with E-state index in [-0.39, 0.29) is 0 Å². The molecule has 1 saturated carbocycles. The molecule has 2 aliphatic carbocycles. The molecule has 1 aromatic rings. The number of benzene rings is 1. The van der Waals surface area contributed by atoms with Gasteiger partial charge in [-0.05, 0) is 48.3 Å². The van der Waals surface area contributed by atoms with Gasteiger partial charge in [-0.2, -0.15) is 0 Å². The molecule has 0 amide bonds. The Bertz CT molecular complexity index is 394. The van der Waals surface area contributed by atoms with Crippen molar-refractivity contribution in [1.29, 1.82) is 0 Å². The molecule has 72 valence electrons. The molecule has 1 aromatic carbocycles. The van der Waals surface area contributed by atoms with Gasteiger partial charge in [-0.15, -0.1) is 0 Å². The average Bonchev–Trinajstić information content (AvgIpc) is 2.96. The Labute approximate surface area is 85.6 Å². The molecule has 0 heterocycles. The second-order valence-electron chi connectivity index (χ2n) is 4.53. The van der Waals surface area contributed by atoms with Gasteiger partial charge in [0, 0.05) is 0 Å². The van der Waals surface area contributed by atoms with Gasteiger partial charge in [0.15, 0.2) is 0 Å². The van der Waals surface area contributed by atoms with Crippen LogP contribution in [0.1, 0.15) is 48.8 Å². The summed E-state index contributed by atoms with van der Waals surface area (Å²) in [7, 11) is 0. The highest BCUT2D eigenvalue weighted by atomic mass is 14.3. The van der Waals surface area contributed by atoms with Crippen LogP contribution >= 0.6 is 0 Å². The second kappa shape index (κ2) is 2.98. The summed E-state index contributed by atoms with van der Waals surface area (Å²) in [4.78, 5) is 0. The lowest BCUT2D eigenvalue weighted by Gasteiger charge is -2.05. The van der Waals surface area contributed by atoms with Crippen molar-refractivity contribution in [3.05, 3.63) is 40.5 Å². The Morgan fingerprint density at radius 2 is 2.14 bits per heavy atom. The lowest BCUT2D eigenvalue weighted by molar-refractivity contribution is 1.03. The van der Waals surface area contributed by atoms with E-state index in [1.165, 1.54) is 25.7 Å². The SMILES string of the molecule is CCC1=Cc2c(cccc2C2CC2)C1. The maximum atomic E-state index is 2.43. The molecule has 14 heavy (non-hydrogen) atoms. The molecule has 0 aliphatic heterocycles. The molecule has 2 aliphatic rings. The van der Waals surface area contributed by atoms with Gasteiger partial charge in [-0.1, -0.05) is 36.8 Å². The Morgan fingerprint density at radius 3 is 2.86 bits per heavy atom. The molecular weight excluding hydrogens is 168 g/mol. The van der Waals surface area contributed by atoms with Crippen LogP contribution in [0.2, 0.25) is 0 Å². The van der Waals surface area contributed by atoms with Crippen molar-refractivity contribution in [3.63, 3.8) is 0 Å². The first-order valence-corrected chi connectivity index (χ1v) is 5.69. The summed E-state index contributed by atoms with van der Waals surface area (Å²) < 4.78 is 0. The van der Waals surface area contributed by atoms with E-state index in [0.29, 0.717) is 0 Å². The zero-order valence-corrected chi connectivity index (χ0v) is 8.72. The van der Waals surface area contributed by atoms with Crippen LogP contribution in [-0.4, -0.2) is 0 Å². The molecule has 0 aromatic heterocycles. The van der Waals surface area contributed by atoms with Crippen LogP contribution in [0, 0.1) is 0 Å². The number of hydrogen-bond donors (Lipinski definition) is 0. The standard InChI is InChI=1S/C14H16/c1-2-10-8-12-4-3-5-13(11-6-7-11)14(12)9-10/h3-5,9,11H,2,6-8H2,1H3. The Morgan fingerprint density at radius 1 is 1.29 bits per heavy atom. The topological polar surface area (TPSA) is 0 Å². The largest absolute Gasteiger partial charge is 0.0655 e. The van der Waals surface area contributed by atoms with Crippen molar-refractivity contribution in [3.8, 4) is 0 Å². The highest BCUT2D eigenvalue weighted by Crippen LogP contribution is 2.44. The van der Waals surface area contributed by atoms with Crippen LogP contribution in [0.3, 0.4) is 0 Å². The highest BCUT2D eigenvalue weighted by molar-refractivity contribution is 5.67. The van der Waals surface area contributed by atoms with Crippen LogP contribution in [-0.2, 0) is 6.42 Å². The molecule has 3 rings (SSSR count). The van der Waals surface area contributed by atoms with Crippen molar-refractivity contribution >= 4 is 6.08 Å². The third-order valence-electron chi connectivity index (χ3n) is 3.47. The van der Waals surface area contributed by atoms with Gasteiger partial charge in [0.2, 0.25) is 0 Å². The summed E-state index contributed by atoms with van der Waals surface area (Å²) in [5.74, 6) is 0.886. The Kier molecular flexibility index (Phi) is 1.76. The molecule has 1 fully saturated rings. The van der Waals surface area contributed by atoms with Crippen LogP contribution < -0.4 is 0 Å². The van der Waals surface area contributed by atoms with Crippen LogP contribution in [0.15, 0.2) is 23.8 Å². The van der Waals surface area contributed by atoms with E-state index in [2.05, 4.69) is 31.2 Å². The second-order valence-corrected chi connectivity index (χ2v) is 4.53. The van der Waals surface area contributed by atoms with Gasteiger partial charge < -0.3 is 0 Å². The summed E-state index contributed by atoms with van der Waals surface area (Å²) in [5, 5.41) is 0. The molecule has 0 bridgehead atoms. The Balaban J connectivity index is 2.07. The fourth-order valence-electron chi connectivity index (χ4n) is 2.44.